The van der Waals surface area contributed by atoms with Crippen molar-refractivity contribution in [2.45, 2.75) is 46.7 Å². The highest BCUT2D eigenvalue weighted by Gasteiger charge is 2.24. The van der Waals surface area contributed by atoms with Crippen molar-refractivity contribution in [3.05, 3.63) is 35.0 Å². The van der Waals surface area contributed by atoms with Crippen LogP contribution in [0.4, 0.5) is 5.82 Å². The van der Waals surface area contributed by atoms with E-state index in [0.717, 1.165) is 29.9 Å². The molecular weight excluding hydrogens is 326 g/mol. The van der Waals surface area contributed by atoms with E-state index in [-0.39, 0.29) is 5.54 Å². The summed E-state index contributed by atoms with van der Waals surface area (Å²) < 4.78 is 1.01. The molecular formula is C17H28BrN3. The maximum atomic E-state index is 4.65. The second-order valence-electron chi connectivity index (χ2n) is 6.73. The zero-order chi connectivity index (χ0) is 16.0. The quantitative estimate of drug-likeness (QED) is 0.737. The van der Waals surface area contributed by atoms with E-state index in [2.05, 4.69) is 78.4 Å². The summed E-state index contributed by atoms with van der Waals surface area (Å²) in [4.78, 5) is 6.94. The monoisotopic (exact) mass is 353 g/mol. The van der Waals surface area contributed by atoms with Gasteiger partial charge < -0.3 is 10.2 Å². The van der Waals surface area contributed by atoms with Gasteiger partial charge in [-0.05, 0) is 55.2 Å². The van der Waals surface area contributed by atoms with Crippen LogP contribution in [0.1, 0.15) is 40.2 Å². The van der Waals surface area contributed by atoms with Gasteiger partial charge in [0.2, 0.25) is 0 Å². The molecule has 0 saturated carbocycles. The normalized spacial score (nSPS) is 11.8. The lowest BCUT2D eigenvalue weighted by Crippen LogP contribution is -2.43. The molecule has 0 aliphatic heterocycles. The Hall–Kier alpha value is -0.870. The first kappa shape index (κ1) is 18.2. The molecule has 0 amide bonds. The van der Waals surface area contributed by atoms with Crippen molar-refractivity contribution in [1.82, 2.24) is 10.3 Å². The molecule has 0 bridgehead atoms. The highest BCUT2D eigenvalue weighted by molar-refractivity contribution is 9.10. The summed E-state index contributed by atoms with van der Waals surface area (Å²) in [6.07, 6.45) is 3.80. The van der Waals surface area contributed by atoms with Gasteiger partial charge in [-0.2, -0.15) is 0 Å². The highest BCUT2D eigenvalue weighted by atomic mass is 79.9. The van der Waals surface area contributed by atoms with Crippen molar-refractivity contribution in [3.8, 4) is 0 Å². The summed E-state index contributed by atoms with van der Waals surface area (Å²) in [5, 5.41) is 3.50. The van der Waals surface area contributed by atoms with E-state index >= 15 is 0 Å². The maximum absolute atomic E-state index is 4.65. The third-order valence-electron chi connectivity index (χ3n) is 3.15. The summed E-state index contributed by atoms with van der Waals surface area (Å²) in [5.74, 6) is 1.67. The van der Waals surface area contributed by atoms with Gasteiger partial charge in [0.05, 0.1) is 0 Å². The van der Waals surface area contributed by atoms with Gasteiger partial charge in [0.1, 0.15) is 5.82 Å². The van der Waals surface area contributed by atoms with Crippen LogP contribution in [0.5, 0.6) is 0 Å². The minimum Gasteiger partial charge on any atom is -0.348 e. The third-order valence-corrected chi connectivity index (χ3v) is 3.59. The summed E-state index contributed by atoms with van der Waals surface area (Å²) in [5.41, 5.74) is 1.21. The summed E-state index contributed by atoms with van der Waals surface area (Å²) in [7, 11) is 0. The van der Waals surface area contributed by atoms with Crippen LogP contribution in [0.2, 0.25) is 0 Å². The first-order valence-corrected chi connectivity index (χ1v) is 8.28. The summed E-state index contributed by atoms with van der Waals surface area (Å²) >= 11 is 3.53. The molecule has 0 saturated heterocycles. The van der Waals surface area contributed by atoms with Crippen molar-refractivity contribution in [1.29, 1.82) is 0 Å². The molecule has 118 valence electrons. The molecule has 21 heavy (non-hydrogen) atoms. The van der Waals surface area contributed by atoms with Gasteiger partial charge in [-0.3, -0.25) is 0 Å². The minimum absolute atomic E-state index is 0.00180. The van der Waals surface area contributed by atoms with E-state index < -0.39 is 0 Å². The van der Waals surface area contributed by atoms with E-state index in [1.165, 1.54) is 5.56 Å². The second-order valence-corrected chi connectivity index (χ2v) is 7.65. The number of aromatic nitrogens is 1. The Morgan fingerprint density at radius 3 is 2.62 bits per heavy atom. The molecule has 1 aromatic rings. The number of hydrogen-bond donors (Lipinski definition) is 1. The first-order valence-electron chi connectivity index (χ1n) is 7.49. The van der Waals surface area contributed by atoms with Gasteiger partial charge in [-0.25, -0.2) is 4.98 Å². The number of halogens is 1. The zero-order valence-electron chi connectivity index (χ0n) is 13.9. The van der Waals surface area contributed by atoms with Crippen LogP contribution in [0, 0.1) is 5.92 Å². The van der Waals surface area contributed by atoms with E-state index in [1.54, 1.807) is 0 Å². The van der Waals surface area contributed by atoms with Crippen molar-refractivity contribution >= 4 is 21.7 Å². The van der Waals surface area contributed by atoms with E-state index in [0.29, 0.717) is 5.92 Å². The molecule has 0 radical (unpaired) electrons. The number of hydrogen-bond acceptors (Lipinski definition) is 3. The van der Waals surface area contributed by atoms with Gasteiger partial charge in [-0.15, -0.1) is 6.58 Å². The van der Waals surface area contributed by atoms with Gasteiger partial charge in [0.25, 0.3) is 0 Å². The summed E-state index contributed by atoms with van der Waals surface area (Å²) in [6.45, 7) is 17.5. The lowest BCUT2D eigenvalue weighted by molar-refractivity contribution is 0.511. The average Bonchev–Trinajstić information content (AvgIpc) is 2.35. The van der Waals surface area contributed by atoms with Gasteiger partial charge in [-0.1, -0.05) is 19.9 Å². The van der Waals surface area contributed by atoms with Crippen molar-refractivity contribution < 1.29 is 0 Å². The van der Waals surface area contributed by atoms with Gasteiger partial charge in [0, 0.05) is 34.9 Å². The molecule has 1 aromatic heterocycles. The lowest BCUT2D eigenvalue weighted by Gasteiger charge is -2.37. The Balaban J connectivity index is 3.05. The highest BCUT2D eigenvalue weighted by Crippen LogP contribution is 2.27. The first-order chi connectivity index (χ1) is 9.75. The Morgan fingerprint density at radius 2 is 2.10 bits per heavy atom. The van der Waals surface area contributed by atoms with E-state index in [4.69, 9.17) is 0 Å². The fourth-order valence-electron chi connectivity index (χ4n) is 2.15. The maximum Gasteiger partial charge on any atom is 0.133 e. The minimum atomic E-state index is 0.00180. The van der Waals surface area contributed by atoms with Crippen molar-refractivity contribution in [3.63, 3.8) is 0 Å². The lowest BCUT2D eigenvalue weighted by atomic mass is 10.0. The van der Waals surface area contributed by atoms with Crippen LogP contribution in [-0.4, -0.2) is 23.6 Å². The number of nitrogens with one attached hydrogen (secondary N) is 1. The molecule has 0 aromatic carbocycles. The smallest absolute Gasteiger partial charge is 0.133 e. The molecule has 0 fully saturated rings. The molecule has 0 aliphatic carbocycles. The van der Waals surface area contributed by atoms with Crippen molar-refractivity contribution in [2.24, 2.45) is 5.92 Å². The molecule has 4 heteroatoms. The van der Waals surface area contributed by atoms with Crippen LogP contribution in [0.25, 0.3) is 0 Å². The molecule has 1 heterocycles. The number of nitrogens with zero attached hydrogens (tertiary/aromatic N) is 2. The molecule has 0 aliphatic rings. The molecule has 1 rings (SSSR count). The number of anilines is 1. The fourth-order valence-corrected chi connectivity index (χ4v) is 2.53. The predicted molar refractivity (Wildman–Crippen MR) is 95.8 cm³/mol. The van der Waals surface area contributed by atoms with E-state index in [1.807, 2.05) is 12.3 Å². The van der Waals surface area contributed by atoms with Crippen LogP contribution in [-0.2, 0) is 6.54 Å². The molecule has 1 N–H and O–H groups in total. The van der Waals surface area contributed by atoms with Crippen LogP contribution < -0.4 is 10.2 Å². The van der Waals surface area contributed by atoms with Crippen molar-refractivity contribution in [2.75, 3.05) is 18.0 Å². The SMILES string of the molecule is C=CCN(c1ncc(Br)cc1CNCC(C)C)C(C)(C)C. The second kappa shape index (κ2) is 7.95. The zero-order valence-corrected chi connectivity index (χ0v) is 15.5. The topological polar surface area (TPSA) is 28.2 Å². The summed E-state index contributed by atoms with van der Waals surface area (Å²) in [6, 6.07) is 2.15. The van der Waals surface area contributed by atoms with Crippen LogP contribution >= 0.6 is 15.9 Å². The Labute approximate surface area is 138 Å². The number of rotatable bonds is 7. The fraction of sp³-hybridized carbons (Fsp3) is 0.588. The van der Waals surface area contributed by atoms with Gasteiger partial charge in [0.15, 0.2) is 0 Å². The number of pyridine rings is 1. The predicted octanol–water partition coefficient (Wildman–Crippen LogP) is 4.38. The molecule has 0 unspecified atom stereocenters. The standard InChI is InChI=1S/C17H28BrN3/c1-7-8-21(17(4,5)6)16-14(9-15(18)12-20-16)11-19-10-13(2)3/h7,9,12-13,19H,1,8,10-11H2,2-6H3. The van der Waals surface area contributed by atoms with Crippen LogP contribution in [0.3, 0.4) is 0 Å². The van der Waals surface area contributed by atoms with Gasteiger partial charge >= 0.3 is 0 Å². The van der Waals surface area contributed by atoms with Crippen LogP contribution in [0.15, 0.2) is 29.4 Å². The largest absolute Gasteiger partial charge is 0.348 e. The van der Waals surface area contributed by atoms with E-state index in [9.17, 15) is 0 Å². The molecule has 0 spiro atoms. The third kappa shape index (κ3) is 5.79. The average molecular weight is 354 g/mol. The Kier molecular flexibility index (Phi) is 6.88. The Bertz CT molecular complexity index is 464. The molecule has 0 atom stereocenters. The molecule has 3 nitrogen and oxygen atoms in total. The Morgan fingerprint density at radius 1 is 1.43 bits per heavy atom.